The van der Waals surface area contributed by atoms with Crippen LogP contribution in [0.2, 0.25) is 0 Å². The number of nitrogens with zero attached hydrogens (tertiary/aromatic N) is 3. The molecule has 1 N–H and O–H groups in total. The predicted molar refractivity (Wildman–Crippen MR) is 83.1 cm³/mol. The first-order valence-corrected chi connectivity index (χ1v) is 6.91. The number of para-hydroxylation sites is 1. The van der Waals surface area contributed by atoms with Crippen LogP contribution in [0.1, 0.15) is 24.3 Å². The molecule has 1 aromatic heterocycles. The van der Waals surface area contributed by atoms with E-state index in [0.29, 0.717) is 5.69 Å². The van der Waals surface area contributed by atoms with Crippen LogP contribution in [-0.4, -0.2) is 44.9 Å². The van der Waals surface area contributed by atoms with Crippen LogP contribution >= 0.6 is 0 Å². The molecular weight excluding hydrogens is 282 g/mol. The van der Waals surface area contributed by atoms with E-state index < -0.39 is 5.60 Å². The van der Waals surface area contributed by atoms with Crippen LogP contribution in [-0.2, 0) is 0 Å². The lowest BCUT2D eigenvalue weighted by Crippen LogP contribution is -2.40. The van der Waals surface area contributed by atoms with Crippen molar-refractivity contribution in [2.24, 2.45) is 0 Å². The zero-order valence-corrected chi connectivity index (χ0v) is 12.9. The van der Waals surface area contributed by atoms with Crippen molar-refractivity contribution in [1.29, 1.82) is 0 Å². The van der Waals surface area contributed by atoms with Crippen LogP contribution in [0.4, 0.5) is 0 Å². The van der Waals surface area contributed by atoms with Gasteiger partial charge >= 0.3 is 0 Å². The number of benzene rings is 1. The van der Waals surface area contributed by atoms with Gasteiger partial charge in [0.15, 0.2) is 0 Å². The molecule has 0 bridgehead atoms. The molecule has 1 aromatic carbocycles. The van der Waals surface area contributed by atoms with E-state index in [1.54, 1.807) is 45.2 Å². The number of carbonyl (C=O) groups excluding carboxylic acids is 1. The van der Waals surface area contributed by atoms with Crippen molar-refractivity contribution in [2.45, 2.75) is 19.4 Å². The van der Waals surface area contributed by atoms with Crippen LogP contribution in [0.15, 0.2) is 47.3 Å². The summed E-state index contributed by atoms with van der Waals surface area (Å²) in [6, 6.07) is 11.6. The largest absolute Gasteiger partial charge is 0.389 e. The van der Waals surface area contributed by atoms with Crippen LogP contribution in [0.5, 0.6) is 0 Å². The Morgan fingerprint density at radius 1 is 1.23 bits per heavy atom. The zero-order valence-electron chi connectivity index (χ0n) is 12.9. The standard InChI is InChI=1S/C16H19N3O3/c1-16(2,22)11-18(3)15(21)13-9-10-14(20)19(17-13)12-7-5-4-6-8-12/h4-10,22H,11H2,1-3H3. The topological polar surface area (TPSA) is 75.4 Å². The first kappa shape index (κ1) is 15.9. The molecule has 0 saturated carbocycles. The molecule has 0 aliphatic heterocycles. The first-order chi connectivity index (χ1) is 10.3. The molecule has 0 radical (unpaired) electrons. The van der Waals surface area contributed by atoms with E-state index in [-0.39, 0.29) is 23.7 Å². The highest BCUT2D eigenvalue weighted by Crippen LogP contribution is 2.07. The molecule has 6 heteroatoms. The third kappa shape index (κ3) is 3.79. The van der Waals surface area contributed by atoms with Crippen LogP contribution in [0, 0.1) is 0 Å². The van der Waals surface area contributed by atoms with E-state index in [4.69, 9.17) is 0 Å². The van der Waals surface area contributed by atoms with E-state index in [1.165, 1.54) is 21.7 Å². The van der Waals surface area contributed by atoms with Gasteiger partial charge in [0.25, 0.3) is 11.5 Å². The Hall–Kier alpha value is -2.47. The smallest absolute Gasteiger partial charge is 0.274 e. The molecule has 0 saturated heterocycles. The molecule has 1 amide bonds. The molecule has 0 aliphatic carbocycles. The van der Waals surface area contributed by atoms with Crippen LogP contribution in [0.3, 0.4) is 0 Å². The Balaban J connectivity index is 2.34. The molecule has 0 aliphatic rings. The molecule has 2 rings (SSSR count). The van der Waals surface area contributed by atoms with E-state index in [0.717, 1.165) is 0 Å². The monoisotopic (exact) mass is 301 g/mol. The van der Waals surface area contributed by atoms with Crippen molar-refractivity contribution < 1.29 is 9.90 Å². The summed E-state index contributed by atoms with van der Waals surface area (Å²) in [5.74, 6) is -0.355. The quantitative estimate of drug-likeness (QED) is 0.917. The molecule has 2 aromatic rings. The molecule has 116 valence electrons. The summed E-state index contributed by atoms with van der Waals surface area (Å²) < 4.78 is 1.19. The first-order valence-electron chi connectivity index (χ1n) is 6.91. The summed E-state index contributed by atoms with van der Waals surface area (Å²) in [5.41, 5.74) is -0.575. The maximum Gasteiger partial charge on any atom is 0.274 e. The number of hydrogen-bond donors (Lipinski definition) is 1. The van der Waals surface area contributed by atoms with E-state index in [1.807, 2.05) is 6.07 Å². The van der Waals surface area contributed by atoms with Gasteiger partial charge in [-0.1, -0.05) is 18.2 Å². The van der Waals surface area contributed by atoms with Gasteiger partial charge < -0.3 is 10.0 Å². The fourth-order valence-corrected chi connectivity index (χ4v) is 2.13. The third-order valence-corrected chi connectivity index (χ3v) is 2.99. The van der Waals surface area contributed by atoms with E-state index in [9.17, 15) is 14.7 Å². The number of aromatic nitrogens is 2. The maximum atomic E-state index is 12.4. The Bertz CT molecular complexity index is 717. The predicted octanol–water partition coefficient (Wildman–Crippen LogP) is 1.08. The molecule has 6 nitrogen and oxygen atoms in total. The Labute approximate surface area is 128 Å². The van der Waals surface area contributed by atoms with Gasteiger partial charge in [0, 0.05) is 19.7 Å². The normalized spacial score (nSPS) is 11.3. The van der Waals surface area contributed by atoms with Crippen LogP contribution < -0.4 is 5.56 Å². The van der Waals surface area contributed by atoms with Gasteiger partial charge in [-0.3, -0.25) is 9.59 Å². The van der Waals surface area contributed by atoms with Crippen molar-refractivity contribution in [3.8, 4) is 5.69 Å². The Morgan fingerprint density at radius 3 is 2.45 bits per heavy atom. The summed E-state index contributed by atoms with van der Waals surface area (Å²) in [5, 5.41) is 13.9. The zero-order chi connectivity index (χ0) is 16.3. The van der Waals surface area contributed by atoms with Crippen molar-refractivity contribution in [3.05, 3.63) is 58.5 Å². The average Bonchev–Trinajstić information content (AvgIpc) is 2.46. The lowest BCUT2D eigenvalue weighted by atomic mass is 10.1. The van der Waals surface area contributed by atoms with Gasteiger partial charge in [0.2, 0.25) is 0 Å². The van der Waals surface area contributed by atoms with Gasteiger partial charge in [-0.05, 0) is 32.0 Å². The number of rotatable bonds is 4. The van der Waals surface area contributed by atoms with Gasteiger partial charge in [-0.25, -0.2) is 0 Å². The Kier molecular flexibility index (Phi) is 4.42. The summed E-state index contributed by atoms with van der Waals surface area (Å²) in [6.45, 7) is 3.40. The van der Waals surface area contributed by atoms with Gasteiger partial charge in [0.1, 0.15) is 5.69 Å². The fraction of sp³-hybridized carbons (Fsp3) is 0.312. The van der Waals surface area contributed by atoms with Gasteiger partial charge in [-0.15, -0.1) is 0 Å². The molecule has 0 atom stereocenters. The number of carbonyl (C=O) groups is 1. The third-order valence-electron chi connectivity index (χ3n) is 2.99. The number of amides is 1. The molecular formula is C16H19N3O3. The molecule has 1 heterocycles. The summed E-state index contributed by atoms with van der Waals surface area (Å²) in [6.07, 6.45) is 0. The number of likely N-dealkylation sites (N-methyl/N-ethyl adjacent to an activating group) is 1. The molecule has 0 fully saturated rings. The summed E-state index contributed by atoms with van der Waals surface area (Å²) >= 11 is 0. The number of hydrogen-bond acceptors (Lipinski definition) is 4. The van der Waals surface area contributed by atoms with Crippen molar-refractivity contribution >= 4 is 5.91 Å². The highest BCUT2D eigenvalue weighted by Gasteiger charge is 2.21. The van der Waals surface area contributed by atoms with Crippen LogP contribution in [0.25, 0.3) is 5.69 Å². The van der Waals surface area contributed by atoms with Crippen molar-refractivity contribution in [1.82, 2.24) is 14.7 Å². The second kappa shape index (κ2) is 6.11. The Morgan fingerprint density at radius 2 is 1.86 bits per heavy atom. The highest BCUT2D eigenvalue weighted by atomic mass is 16.3. The van der Waals surface area contributed by atoms with E-state index in [2.05, 4.69) is 5.10 Å². The molecule has 22 heavy (non-hydrogen) atoms. The molecule has 0 spiro atoms. The second-order valence-electron chi connectivity index (χ2n) is 5.78. The highest BCUT2D eigenvalue weighted by molar-refractivity contribution is 5.92. The molecule has 0 unspecified atom stereocenters. The lowest BCUT2D eigenvalue weighted by Gasteiger charge is -2.25. The summed E-state index contributed by atoms with van der Waals surface area (Å²) in [7, 11) is 1.58. The number of aliphatic hydroxyl groups is 1. The minimum absolute atomic E-state index is 0.148. The SMILES string of the molecule is CN(CC(C)(C)O)C(=O)c1ccc(=O)n(-c2ccccc2)n1. The summed E-state index contributed by atoms with van der Waals surface area (Å²) in [4.78, 5) is 25.7. The average molecular weight is 301 g/mol. The minimum atomic E-state index is -1.00. The van der Waals surface area contributed by atoms with Gasteiger partial charge in [0.05, 0.1) is 11.3 Å². The maximum absolute atomic E-state index is 12.4. The van der Waals surface area contributed by atoms with Crippen molar-refractivity contribution in [2.75, 3.05) is 13.6 Å². The van der Waals surface area contributed by atoms with Gasteiger partial charge in [-0.2, -0.15) is 9.78 Å². The lowest BCUT2D eigenvalue weighted by molar-refractivity contribution is 0.0364. The van der Waals surface area contributed by atoms with E-state index >= 15 is 0 Å². The van der Waals surface area contributed by atoms with Crippen molar-refractivity contribution in [3.63, 3.8) is 0 Å². The fourth-order valence-electron chi connectivity index (χ4n) is 2.13. The second-order valence-corrected chi connectivity index (χ2v) is 5.78. The minimum Gasteiger partial charge on any atom is -0.389 e.